The highest BCUT2D eigenvalue weighted by atomic mass is 16.5. The molecule has 0 aromatic rings. The van der Waals surface area contributed by atoms with E-state index < -0.39 is 11.2 Å². The minimum absolute atomic E-state index is 0.0355. The summed E-state index contributed by atoms with van der Waals surface area (Å²) in [6, 6.07) is 0. The van der Waals surface area contributed by atoms with Crippen molar-refractivity contribution in [2.75, 3.05) is 0 Å². The van der Waals surface area contributed by atoms with Crippen molar-refractivity contribution in [2.24, 2.45) is 45.3 Å². The van der Waals surface area contributed by atoms with E-state index in [9.17, 15) is 20.1 Å². The minimum Gasteiger partial charge on any atom is -0.462 e. The van der Waals surface area contributed by atoms with Gasteiger partial charge in [0.15, 0.2) is 0 Å². The van der Waals surface area contributed by atoms with E-state index >= 15 is 0 Å². The molecule has 10 atom stereocenters. The Balaban J connectivity index is 1.72. The Morgan fingerprint density at radius 1 is 0.897 bits per heavy atom. The van der Waals surface area contributed by atoms with Gasteiger partial charge in [0.2, 0.25) is 0 Å². The van der Waals surface area contributed by atoms with Gasteiger partial charge in [-0.15, -0.1) is 0 Å². The fraction of sp³-hybridized carbons (Fsp3) is 0.971. The number of ether oxygens (including phenoxy) is 1. The second-order valence-electron chi connectivity index (χ2n) is 16.6. The molecule has 5 nitrogen and oxygen atoms in total. The molecule has 0 saturated heterocycles. The van der Waals surface area contributed by atoms with Crippen LogP contribution in [0.4, 0.5) is 0 Å². The standard InChI is InChI=1S/C34H60O5/c1-10-12-27(36)39-23-21-25-31(6)18-15-26(35)30(4,5)24(31)14-20-32(25,7)33(8)19-13-22(28(23)33)34(9,38)17-11-16-29(2,3)37/h22-26,28,35,37-38H,10-21H2,1-9H3/t22-,23+,24-,25+,26-,28-,31-,32+,33+,34+/m0/s1. The zero-order valence-electron chi connectivity index (χ0n) is 26.6. The van der Waals surface area contributed by atoms with Crippen LogP contribution in [0, 0.1) is 45.3 Å². The van der Waals surface area contributed by atoms with E-state index in [2.05, 4.69) is 34.6 Å². The Morgan fingerprint density at radius 3 is 2.15 bits per heavy atom. The summed E-state index contributed by atoms with van der Waals surface area (Å²) in [5, 5.41) is 33.3. The number of rotatable bonds is 8. The van der Waals surface area contributed by atoms with Gasteiger partial charge in [-0.1, -0.05) is 41.5 Å². The fourth-order valence-corrected chi connectivity index (χ4v) is 11.0. The molecule has 0 aliphatic heterocycles. The topological polar surface area (TPSA) is 87.0 Å². The van der Waals surface area contributed by atoms with Crippen molar-refractivity contribution in [3.63, 3.8) is 0 Å². The maximum atomic E-state index is 13.0. The Labute approximate surface area is 238 Å². The van der Waals surface area contributed by atoms with Crippen molar-refractivity contribution >= 4 is 5.97 Å². The summed E-state index contributed by atoms with van der Waals surface area (Å²) in [4.78, 5) is 13.0. The molecule has 0 unspecified atom stereocenters. The molecular weight excluding hydrogens is 488 g/mol. The van der Waals surface area contributed by atoms with Crippen LogP contribution < -0.4 is 0 Å². The summed E-state index contributed by atoms with van der Waals surface area (Å²) in [5.74, 6) is 0.949. The number of hydrogen-bond acceptors (Lipinski definition) is 5. The molecule has 0 heterocycles. The molecule has 39 heavy (non-hydrogen) atoms. The van der Waals surface area contributed by atoms with Crippen LogP contribution in [0.5, 0.6) is 0 Å². The van der Waals surface area contributed by atoms with Gasteiger partial charge in [-0.2, -0.15) is 0 Å². The van der Waals surface area contributed by atoms with Crippen molar-refractivity contribution < 1.29 is 24.9 Å². The first-order chi connectivity index (χ1) is 17.8. The quantitative estimate of drug-likeness (QED) is 0.283. The van der Waals surface area contributed by atoms with Crippen molar-refractivity contribution in [3.8, 4) is 0 Å². The number of hydrogen-bond donors (Lipinski definition) is 3. The third-order valence-corrected chi connectivity index (χ3v) is 13.4. The first-order valence-electron chi connectivity index (χ1n) is 16.2. The van der Waals surface area contributed by atoms with Crippen molar-refractivity contribution in [3.05, 3.63) is 0 Å². The molecule has 226 valence electrons. The molecule has 5 heteroatoms. The third-order valence-electron chi connectivity index (χ3n) is 13.4. The van der Waals surface area contributed by atoms with Gasteiger partial charge in [0.1, 0.15) is 6.10 Å². The lowest BCUT2D eigenvalue weighted by Gasteiger charge is -2.70. The molecule has 0 aromatic heterocycles. The van der Waals surface area contributed by atoms with E-state index in [1.165, 1.54) is 0 Å². The van der Waals surface area contributed by atoms with Crippen LogP contribution in [-0.2, 0) is 9.53 Å². The second-order valence-corrected chi connectivity index (χ2v) is 16.6. The zero-order valence-corrected chi connectivity index (χ0v) is 26.6. The molecule has 4 aliphatic rings. The average molecular weight is 549 g/mol. The molecular formula is C34H60O5. The lowest BCUT2D eigenvalue weighted by atomic mass is 9.35. The van der Waals surface area contributed by atoms with Crippen LogP contribution in [0.3, 0.4) is 0 Å². The lowest BCUT2D eigenvalue weighted by molar-refractivity contribution is -0.251. The molecule has 4 rings (SSSR count). The second kappa shape index (κ2) is 10.3. The first kappa shape index (κ1) is 31.3. The van der Waals surface area contributed by atoms with Gasteiger partial charge in [-0.25, -0.2) is 0 Å². The smallest absolute Gasteiger partial charge is 0.306 e. The molecule has 0 bridgehead atoms. The summed E-state index contributed by atoms with van der Waals surface area (Å²) in [6.45, 7) is 19.7. The monoisotopic (exact) mass is 548 g/mol. The summed E-state index contributed by atoms with van der Waals surface area (Å²) >= 11 is 0. The fourth-order valence-electron chi connectivity index (χ4n) is 11.0. The SMILES string of the molecule is CCCC(=O)O[C@@H]1C[C@@H]2[C@@]3(C)CC[C@H](O)C(C)(C)[C@@H]3CC[C@@]2(C)[C@]2(C)CC[C@H]([C@](C)(O)CCCC(C)(C)O)[C@@H]12. The molecule has 4 aliphatic carbocycles. The molecule has 3 N–H and O–H groups in total. The van der Waals surface area contributed by atoms with Gasteiger partial charge in [0.25, 0.3) is 0 Å². The average Bonchev–Trinajstić information content (AvgIpc) is 3.18. The summed E-state index contributed by atoms with van der Waals surface area (Å²) in [6.07, 6.45) is 9.82. The maximum absolute atomic E-state index is 13.0. The van der Waals surface area contributed by atoms with Gasteiger partial charge in [0.05, 0.1) is 17.3 Å². The molecule has 4 saturated carbocycles. The highest BCUT2D eigenvalue weighted by Gasteiger charge is 2.72. The third kappa shape index (κ3) is 5.13. The highest BCUT2D eigenvalue weighted by molar-refractivity contribution is 5.69. The van der Waals surface area contributed by atoms with Crippen LogP contribution in [0.25, 0.3) is 0 Å². The predicted molar refractivity (Wildman–Crippen MR) is 156 cm³/mol. The van der Waals surface area contributed by atoms with Crippen LogP contribution >= 0.6 is 0 Å². The minimum atomic E-state index is -0.871. The van der Waals surface area contributed by atoms with Gasteiger partial charge >= 0.3 is 5.97 Å². The summed E-state index contributed by atoms with van der Waals surface area (Å²) < 4.78 is 6.45. The largest absolute Gasteiger partial charge is 0.462 e. The van der Waals surface area contributed by atoms with E-state index in [4.69, 9.17) is 4.74 Å². The number of aliphatic hydroxyl groups excluding tert-OH is 1. The van der Waals surface area contributed by atoms with E-state index in [1.54, 1.807) is 0 Å². The van der Waals surface area contributed by atoms with Crippen molar-refractivity contribution in [2.45, 2.75) is 163 Å². The zero-order chi connectivity index (χ0) is 29.2. The lowest BCUT2D eigenvalue weighted by Crippen LogP contribution is -2.67. The Morgan fingerprint density at radius 2 is 1.54 bits per heavy atom. The van der Waals surface area contributed by atoms with Crippen LogP contribution in [0.2, 0.25) is 0 Å². The summed E-state index contributed by atoms with van der Waals surface area (Å²) in [5.41, 5.74) is -1.59. The Hall–Kier alpha value is -0.650. The molecule has 4 fully saturated rings. The number of carbonyl (C=O) groups excluding carboxylic acids is 1. The van der Waals surface area contributed by atoms with Crippen LogP contribution in [0.1, 0.15) is 139 Å². The maximum Gasteiger partial charge on any atom is 0.306 e. The molecule has 0 spiro atoms. The molecule has 0 amide bonds. The van der Waals surface area contributed by atoms with Crippen LogP contribution in [0.15, 0.2) is 0 Å². The highest BCUT2D eigenvalue weighted by Crippen LogP contribution is 2.76. The molecule has 0 aromatic carbocycles. The van der Waals surface area contributed by atoms with Crippen molar-refractivity contribution in [1.82, 2.24) is 0 Å². The van der Waals surface area contributed by atoms with Crippen molar-refractivity contribution in [1.29, 1.82) is 0 Å². The molecule has 0 radical (unpaired) electrons. The van der Waals surface area contributed by atoms with Gasteiger partial charge in [-0.05, 0) is 131 Å². The number of carbonyl (C=O) groups is 1. The van der Waals surface area contributed by atoms with Gasteiger partial charge < -0.3 is 20.1 Å². The van der Waals surface area contributed by atoms with E-state index in [0.717, 1.165) is 57.8 Å². The number of esters is 1. The predicted octanol–water partition coefficient (Wildman–Crippen LogP) is 7.05. The Bertz CT molecular complexity index is 904. The normalized spacial score (nSPS) is 45.0. The van der Waals surface area contributed by atoms with Crippen LogP contribution in [-0.4, -0.2) is 44.7 Å². The Kier molecular flexibility index (Phi) is 8.23. The number of aliphatic hydroxyl groups is 3. The van der Waals surface area contributed by atoms with Gasteiger partial charge in [0, 0.05) is 12.3 Å². The van der Waals surface area contributed by atoms with E-state index in [0.29, 0.717) is 31.1 Å². The first-order valence-corrected chi connectivity index (χ1v) is 16.2. The van der Waals surface area contributed by atoms with E-state index in [-0.39, 0.29) is 51.7 Å². The van der Waals surface area contributed by atoms with Gasteiger partial charge in [-0.3, -0.25) is 4.79 Å². The number of fused-ring (bicyclic) bond motifs is 5. The summed E-state index contributed by atoms with van der Waals surface area (Å²) in [7, 11) is 0. The van der Waals surface area contributed by atoms with E-state index in [1.807, 2.05) is 27.7 Å².